The molecular weight excluding hydrogens is 248 g/mol. The molecule has 1 aromatic carbocycles. The topological polar surface area (TPSA) is 43.4 Å². The SMILES string of the molecule is C#CCS(=O)(=O)CCCOc1ccc(C)cc1C. The van der Waals surface area contributed by atoms with E-state index in [4.69, 9.17) is 11.2 Å². The van der Waals surface area contributed by atoms with Gasteiger partial charge in [0.25, 0.3) is 0 Å². The van der Waals surface area contributed by atoms with Crippen molar-refractivity contribution in [1.82, 2.24) is 0 Å². The maximum absolute atomic E-state index is 11.4. The molecule has 0 aliphatic rings. The minimum Gasteiger partial charge on any atom is -0.493 e. The van der Waals surface area contributed by atoms with Crippen LogP contribution < -0.4 is 4.74 Å². The zero-order chi connectivity index (χ0) is 13.6. The van der Waals surface area contributed by atoms with Crippen LogP contribution in [0.4, 0.5) is 0 Å². The highest BCUT2D eigenvalue weighted by Crippen LogP contribution is 2.18. The lowest BCUT2D eigenvalue weighted by Gasteiger charge is -2.09. The largest absolute Gasteiger partial charge is 0.493 e. The highest BCUT2D eigenvalue weighted by atomic mass is 32.2. The van der Waals surface area contributed by atoms with Gasteiger partial charge in [-0.15, -0.1) is 6.42 Å². The van der Waals surface area contributed by atoms with Crippen molar-refractivity contribution in [2.24, 2.45) is 0 Å². The average molecular weight is 266 g/mol. The van der Waals surface area contributed by atoms with Crippen LogP contribution >= 0.6 is 0 Å². The molecule has 1 rings (SSSR count). The lowest BCUT2D eigenvalue weighted by Crippen LogP contribution is -2.12. The number of ether oxygens (including phenoxy) is 1. The first-order valence-electron chi connectivity index (χ1n) is 5.78. The van der Waals surface area contributed by atoms with Gasteiger partial charge in [0.15, 0.2) is 9.84 Å². The van der Waals surface area contributed by atoms with Crippen LogP contribution in [0.15, 0.2) is 18.2 Å². The minimum atomic E-state index is -3.12. The molecule has 0 aliphatic heterocycles. The Morgan fingerprint density at radius 3 is 2.67 bits per heavy atom. The highest BCUT2D eigenvalue weighted by molar-refractivity contribution is 7.91. The average Bonchev–Trinajstić information content (AvgIpc) is 2.26. The van der Waals surface area contributed by atoms with E-state index in [9.17, 15) is 8.42 Å². The molecule has 0 N–H and O–H groups in total. The zero-order valence-corrected chi connectivity index (χ0v) is 11.6. The number of rotatable bonds is 6. The molecule has 1 aromatic rings. The molecule has 0 heterocycles. The number of hydrogen-bond acceptors (Lipinski definition) is 3. The van der Waals surface area contributed by atoms with Gasteiger partial charge in [-0.3, -0.25) is 0 Å². The summed E-state index contributed by atoms with van der Waals surface area (Å²) in [4.78, 5) is 0. The van der Waals surface area contributed by atoms with Crippen LogP contribution in [-0.4, -0.2) is 26.5 Å². The third kappa shape index (κ3) is 4.80. The van der Waals surface area contributed by atoms with Gasteiger partial charge in [-0.25, -0.2) is 8.42 Å². The second-order valence-electron chi connectivity index (χ2n) is 4.27. The summed E-state index contributed by atoms with van der Waals surface area (Å²) < 4.78 is 28.3. The van der Waals surface area contributed by atoms with E-state index in [1.54, 1.807) is 0 Å². The Kier molecular flexibility index (Phi) is 5.24. The summed E-state index contributed by atoms with van der Waals surface area (Å²) in [6.07, 6.45) is 5.44. The van der Waals surface area contributed by atoms with Gasteiger partial charge in [-0.2, -0.15) is 0 Å². The monoisotopic (exact) mass is 266 g/mol. The molecule has 0 aromatic heterocycles. The molecule has 0 unspecified atom stereocenters. The van der Waals surface area contributed by atoms with E-state index in [0.717, 1.165) is 11.3 Å². The first kappa shape index (κ1) is 14.6. The van der Waals surface area contributed by atoms with Crippen molar-refractivity contribution in [3.63, 3.8) is 0 Å². The molecule has 0 saturated heterocycles. The normalized spacial score (nSPS) is 10.9. The van der Waals surface area contributed by atoms with Gasteiger partial charge in [-0.1, -0.05) is 23.6 Å². The molecule has 18 heavy (non-hydrogen) atoms. The van der Waals surface area contributed by atoms with Gasteiger partial charge in [-0.05, 0) is 31.9 Å². The van der Waals surface area contributed by atoms with E-state index in [-0.39, 0.29) is 11.5 Å². The number of hydrogen-bond donors (Lipinski definition) is 0. The van der Waals surface area contributed by atoms with E-state index in [1.165, 1.54) is 5.56 Å². The predicted molar refractivity (Wildman–Crippen MR) is 73.5 cm³/mol. The minimum absolute atomic E-state index is 0.0715. The number of sulfone groups is 1. The number of benzene rings is 1. The Hall–Kier alpha value is -1.47. The van der Waals surface area contributed by atoms with E-state index >= 15 is 0 Å². The molecule has 98 valence electrons. The third-order valence-corrected chi connectivity index (χ3v) is 4.01. The Balaban J connectivity index is 2.41. The van der Waals surface area contributed by atoms with E-state index in [0.29, 0.717) is 13.0 Å². The molecule has 4 heteroatoms. The zero-order valence-electron chi connectivity index (χ0n) is 10.8. The van der Waals surface area contributed by atoms with Crippen molar-refractivity contribution in [2.45, 2.75) is 20.3 Å². The van der Waals surface area contributed by atoms with Crippen molar-refractivity contribution in [3.8, 4) is 18.1 Å². The van der Waals surface area contributed by atoms with Crippen molar-refractivity contribution in [1.29, 1.82) is 0 Å². The number of aryl methyl sites for hydroxylation is 2. The van der Waals surface area contributed by atoms with Gasteiger partial charge < -0.3 is 4.74 Å². The van der Waals surface area contributed by atoms with Crippen molar-refractivity contribution >= 4 is 9.84 Å². The second-order valence-corrected chi connectivity index (χ2v) is 6.45. The molecule has 0 amide bonds. The molecule has 0 atom stereocenters. The summed E-state index contributed by atoms with van der Waals surface area (Å²) in [5.41, 5.74) is 2.23. The van der Waals surface area contributed by atoms with Crippen LogP contribution in [0.25, 0.3) is 0 Å². The Labute approximate surface area is 109 Å². The molecular formula is C14H18O3S. The fourth-order valence-electron chi connectivity index (χ4n) is 1.62. The Bertz CT molecular complexity index is 539. The van der Waals surface area contributed by atoms with Crippen LogP contribution in [0.2, 0.25) is 0 Å². The van der Waals surface area contributed by atoms with Gasteiger partial charge in [0.2, 0.25) is 0 Å². The van der Waals surface area contributed by atoms with Crippen LogP contribution in [0.5, 0.6) is 5.75 Å². The van der Waals surface area contributed by atoms with E-state index in [2.05, 4.69) is 5.92 Å². The fraction of sp³-hybridized carbons (Fsp3) is 0.429. The lowest BCUT2D eigenvalue weighted by atomic mass is 10.1. The summed E-state index contributed by atoms with van der Waals surface area (Å²) in [5.74, 6) is 2.83. The Morgan fingerprint density at radius 1 is 1.33 bits per heavy atom. The molecule has 0 spiro atoms. The maximum atomic E-state index is 11.4. The molecule has 0 bridgehead atoms. The summed E-state index contributed by atoms with van der Waals surface area (Å²) in [6, 6.07) is 5.91. The van der Waals surface area contributed by atoms with Gasteiger partial charge >= 0.3 is 0 Å². The van der Waals surface area contributed by atoms with Crippen LogP contribution in [-0.2, 0) is 9.84 Å². The summed E-state index contributed by atoms with van der Waals surface area (Å²) in [6.45, 7) is 4.37. The molecule has 0 fully saturated rings. The highest BCUT2D eigenvalue weighted by Gasteiger charge is 2.08. The van der Waals surface area contributed by atoms with Crippen molar-refractivity contribution in [2.75, 3.05) is 18.1 Å². The smallest absolute Gasteiger partial charge is 0.161 e. The number of terminal acetylenes is 1. The molecule has 0 aliphatic carbocycles. The standard InChI is InChI=1S/C14H18O3S/c1-4-9-18(15,16)10-5-8-17-14-7-6-12(2)11-13(14)3/h1,6-7,11H,5,8-10H2,2-3H3. The van der Waals surface area contributed by atoms with E-state index < -0.39 is 9.84 Å². The van der Waals surface area contributed by atoms with Crippen molar-refractivity contribution < 1.29 is 13.2 Å². The van der Waals surface area contributed by atoms with Gasteiger partial charge in [0.1, 0.15) is 11.5 Å². The van der Waals surface area contributed by atoms with Crippen LogP contribution in [0, 0.1) is 26.2 Å². The molecule has 0 saturated carbocycles. The van der Waals surface area contributed by atoms with Crippen LogP contribution in [0.1, 0.15) is 17.5 Å². The first-order valence-corrected chi connectivity index (χ1v) is 7.61. The summed E-state index contributed by atoms with van der Waals surface area (Å²) in [7, 11) is -3.12. The molecule has 3 nitrogen and oxygen atoms in total. The quantitative estimate of drug-likeness (QED) is 0.585. The fourth-order valence-corrected chi connectivity index (χ4v) is 2.58. The van der Waals surface area contributed by atoms with Crippen molar-refractivity contribution in [3.05, 3.63) is 29.3 Å². The molecule has 0 radical (unpaired) electrons. The van der Waals surface area contributed by atoms with Gasteiger partial charge in [0.05, 0.1) is 12.4 Å². The lowest BCUT2D eigenvalue weighted by molar-refractivity contribution is 0.315. The Morgan fingerprint density at radius 2 is 2.06 bits per heavy atom. The van der Waals surface area contributed by atoms with E-state index in [1.807, 2.05) is 32.0 Å². The summed E-state index contributed by atoms with van der Waals surface area (Å²) >= 11 is 0. The third-order valence-electron chi connectivity index (χ3n) is 2.49. The summed E-state index contributed by atoms with van der Waals surface area (Å²) in [5, 5.41) is 0. The maximum Gasteiger partial charge on any atom is 0.161 e. The second kappa shape index (κ2) is 6.46. The van der Waals surface area contributed by atoms with Gasteiger partial charge in [0, 0.05) is 0 Å². The van der Waals surface area contributed by atoms with Crippen LogP contribution in [0.3, 0.4) is 0 Å². The first-order chi connectivity index (χ1) is 8.44. The predicted octanol–water partition coefficient (Wildman–Crippen LogP) is 2.12.